The van der Waals surface area contributed by atoms with Crippen molar-refractivity contribution in [2.45, 2.75) is 20.1 Å². The van der Waals surface area contributed by atoms with Gasteiger partial charge in [-0.1, -0.05) is 78.3 Å². The lowest BCUT2D eigenvalue weighted by Crippen LogP contribution is -2.27. The van der Waals surface area contributed by atoms with Crippen molar-refractivity contribution in [1.29, 1.82) is 0 Å². The summed E-state index contributed by atoms with van der Waals surface area (Å²) >= 11 is 7.19. The summed E-state index contributed by atoms with van der Waals surface area (Å²) in [7, 11) is 0. The normalized spacial score (nSPS) is 14.5. The Morgan fingerprint density at radius 1 is 0.865 bits per heavy atom. The summed E-state index contributed by atoms with van der Waals surface area (Å²) in [5, 5.41) is 2.45. The van der Waals surface area contributed by atoms with Crippen molar-refractivity contribution in [2.24, 2.45) is 0 Å². The third-order valence-electron chi connectivity index (χ3n) is 5.99. The highest BCUT2D eigenvalue weighted by molar-refractivity contribution is 8.18. The maximum atomic E-state index is 13.2. The van der Waals surface area contributed by atoms with Crippen LogP contribution in [0.3, 0.4) is 0 Å². The van der Waals surface area contributed by atoms with Gasteiger partial charge < -0.3 is 9.47 Å². The molecule has 7 heteroatoms. The Morgan fingerprint density at radius 2 is 1.62 bits per heavy atom. The highest BCUT2D eigenvalue weighted by Gasteiger charge is 2.35. The number of benzene rings is 4. The SMILES string of the molecule is CCOc1cc(/C=C2/SC(=O)N(Cc3cccc4ccccc34)C2=O)ccc1OCc1ccccc1Cl. The second-order valence-electron chi connectivity index (χ2n) is 8.43. The molecule has 0 saturated carbocycles. The van der Waals surface area contributed by atoms with Gasteiger partial charge in [0, 0.05) is 10.6 Å². The van der Waals surface area contributed by atoms with Crippen LogP contribution in [0.1, 0.15) is 23.6 Å². The molecule has 0 atom stereocenters. The van der Waals surface area contributed by atoms with Crippen LogP contribution in [-0.2, 0) is 17.9 Å². The molecule has 1 saturated heterocycles. The molecule has 0 aliphatic carbocycles. The van der Waals surface area contributed by atoms with E-state index in [9.17, 15) is 9.59 Å². The van der Waals surface area contributed by atoms with Gasteiger partial charge in [-0.25, -0.2) is 0 Å². The van der Waals surface area contributed by atoms with E-state index in [-0.39, 0.29) is 17.7 Å². The summed E-state index contributed by atoms with van der Waals surface area (Å²) in [6.45, 7) is 2.87. The van der Waals surface area contributed by atoms with E-state index in [2.05, 4.69) is 0 Å². The van der Waals surface area contributed by atoms with Crippen molar-refractivity contribution in [3.63, 3.8) is 0 Å². The van der Waals surface area contributed by atoms with Crippen LogP contribution in [0.2, 0.25) is 5.02 Å². The van der Waals surface area contributed by atoms with Crippen molar-refractivity contribution in [3.05, 3.63) is 112 Å². The Labute approximate surface area is 224 Å². The first kappa shape index (κ1) is 24.9. The van der Waals surface area contributed by atoms with Crippen LogP contribution in [0.15, 0.2) is 89.8 Å². The van der Waals surface area contributed by atoms with Crippen LogP contribution >= 0.6 is 23.4 Å². The summed E-state index contributed by atoms with van der Waals surface area (Å²) in [5.41, 5.74) is 2.54. The number of rotatable bonds is 8. The second kappa shape index (κ2) is 11.1. The highest BCUT2D eigenvalue weighted by atomic mass is 35.5. The van der Waals surface area contributed by atoms with Gasteiger partial charge in [-0.3, -0.25) is 14.5 Å². The standard InChI is InChI=1S/C30H24ClNO4S/c1-2-35-27-16-20(14-15-26(27)36-19-23-9-4-6-13-25(23)31)17-28-29(33)32(30(34)37-28)18-22-11-7-10-21-8-3-5-12-24(21)22/h3-17H,2,18-19H2,1H3/b28-17+. The minimum atomic E-state index is -0.306. The van der Waals surface area contributed by atoms with Crippen molar-refractivity contribution in [1.82, 2.24) is 4.90 Å². The van der Waals surface area contributed by atoms with E-state index in [1.807, 2.05) is 85.8 Å². The second-order valence-corrected chi connectivity index (χ2v) is 9.83. The van der Waals surface area contributed by atoms with E-state index in [4.69, 9.17) is 21.1 Å². The zero-order chi connectivity index (χ0) is 25.8. The van der Waals surface area contributed by atoms with Crippen molar-refractivity contribution >= 4 is 51.4 Å². The van der Waals surface area contributed by atoms with E-state index in [1.165, 1.54) is 4.90 Å². The highest BCUT2D eigenvalue weighted by Crippen LogP contribution is 2.36. The largest absolute Gasteiger partial charge is 0.490 e. The number of carbonyl (C=O) groups excluding carboxylic acids is 2. The molecule has 2 amide bonds. The zero-order valence-corrected chi connectivity index (χ0v) is 21.7. The molecule has 5 rings (SSSR count). The third-order valence-corrected chi connectivity index (χ3v) is 7.26. The molecule has 1 aliphatic rings. The first-order valence-electron chi connectivity index (χ1n) is 11.9. The molecule has 0 bridgehead atoms. The molecule has 0 aromatic heterocycles. The van der Waals surface area contributed by atoms with Crippen LogP contribution in [0.4, 0.5) is 4.79 Å². The average molecular weight is 530 g/mol. The number of hydrogen-bond acceptors (Lipinski definition) is 5. The number of thioether (sulfide) groups is 1. The van der Waals surface area contributed by atoms with E-state index >= 15 is 0 Å². The number of carbonyl (C=O) groups is 2. The Morgan fingerprint density at radius 3 is 2.46 bits per heavy atom. The topological polar surface area (TPSA) is 55.8 Å². The van der Waals surface area contributed by atoms with Gasteiger partial charge in [-0.15, -0.1) is 0 Å². The summed E-state index contributed by atoms with van der Waals surface area (Å²) in [6.07, 6.45) is 1.72. The van der Waals surface area contributed by atoms with Crippen LogP contribution in [-0.4, -0.2) is 22.7 Å². The smallest absolute Gasteiger partial charge is 0.293 e. The molecule has 1 heterocycles. The predicted molar refractivity (Wildman–Crippen MR) is 149 cm³/mol. The molecule has 0 spiro atoms. The molecule has 0 radical (unpaired) electrons. The van der Waals surface area contributed by atoms with Gasteiger partial charge in [0.1, 0.15) is 6.61 Å². The van der Waals surface area contributed by atoms with Gasteiger partial charge in [0.25, 0.3) is 11.1 Å². The summed E-state index contributed by atoms with van der Waals surface area (Å²) in [5.74, 6) is 0.821. The summed E-state index contributed by atoms with van der Waals surface area (Å²) in [6, 6.07) is 26.8. The van der Waals surface area contributed by atoms with E-state index in [0.29, 0.717) is 34.6 Å². The Hall–Kier alpha value is -3.74. The van der Waals surface area contributed by atoms with Crippen LogP contribution < -0.4 is 9.47 Å². The molecular weight excluding hydrogens is 506 g/mol. The van der Waals surface area contributed by atoms with Crippen molar-refractivity contribution in [2.75, 3.05) is 6.61 Å². The van der Waals surface area contributed by atoms with E-state index < -0.39 is 0 Å². The van der Waals surface area contributed by atoms with Crippen LogP contribution in [0.25, 0.3) is 16.8 Å². The molecular formula is C30H24ClNO4S. The maximum absolute atomic E-state index is 13.2. The van der Waals surface area contributed by atoms with Gasteiger partial charge in [0.05, 0.1) is 18.1 Å². The fraction of sp³-hybridized carbons (Fsp3) is 0.133. The molecule has 37 heavy (non-hydrogen) atoms. The van der Waals surface area contributed by atoms with Crippen molar-refractivity contribution in [3.8, 4) is 11.5 Å². The molecule has 186 valence electrons. The van der Waals surface area contributed by atoms with Crippen LogP contribution in [0, 0.1) is 0 Å². The number of nitrogens with zero attached hydrogens (tertiary/aromatic N) is 1. The minimum Gasteiger partial charge on any atom is -0.490 e. The zero-order valence-electron chi connectivity index (χ0n) is 20.1. The minimum absolute atomic E-state index is 0.225. The number of fused-ring (bicyclic) bond motifs is 1. The Balaban J connectivity index is 1.35. The lowest BCUT2D eigenvalue weighted by atomic mass is 10.0. The Kier molecular flexibility index (Phi) is 7.49. The van der Waals surface area contributed by atoms with Gasteiger partial charge in [-0.05, 0) is 64.9 Å². The van der Waals surface area contributed by atoms with E-state index in [1.54, 1.807) is 12.1 Å². The monoisotopic (exact) mass is 529 g/mol. The number of ether oxygens (including phenoxy) is 2. The van der Waals surface area contributed by atoms with Crippen molar-refractivity contribution < 1.29 is 19.1 Å². The maximum Gasteiger partial charge on any atom is 0.293 e. The molecule has 4 aromatic carbocycles. The van der Waals surface area contributed by atoms with Gasteiger partial charge >= 0.3 is 0 Å². The van der Waals surface area contributed by atoms with Gasteiger partial charge in [0.2, 0.25) is 0 Å². The first-order valence-corrected chi connectivity index (χ1v) is 13.1. The first-order chi connectivity index (χ1) is 18.0. The quantitative estimate of drug-likeness (QED) is 0.219. The predicted octanol–water partition coefficient (Wildman–Crippen LogP) is 7.71. The lowest BCUT2D eigenvalue weighted by Gasteiger charge is -2.14. The molecule has 5 nitrogen and oxygen atoms in total. The third kappa shape index (κ3) is 5.50. The summed E-state index contributed by atoms with van der Waals surface area (Å²) in [4.78, 5) is 27.6. The number of imide groups is 1. The van der Waals surface area contributed by atoms with Crippen LogP contribution in [0.5, 0.6) is 11.5 Å². The molecule has 1 aliphatic heterocycles. The molecule has 0 N–H and O–H groups in total. The fourth-order valence-corrected chi connectivity index (χ4v) is 5.19. The number of halogens is 1. The van der Waals surface area contributed by atoms with Gasteiger partial charge in [-0.2, -0.15) is 0 Å². The van der Waals surface area contributed by atoms with E-state index in [0.717, 1.165) is 39.2 Å². The lowest BCUT2D eigenvalue weighted by molar-refractivity contribution is -0.123. The van der Waals surface area contributed by atoms with Gasteiger partial charge in [0.15, 0.2) is 11.5 Å². The fourth-order valence-electron chi connectivity index (χ4n) is 4.16. The number of hydrogen-bond donors (Lipinski definition) is 0. The summed E-state index contributed by atoms with van der Waals surface area (Å²) < 4.78 is 11.8. The number of amides is 2. The molecule has 0 unspecified atom stereocenters. The Bertz CT molecular complexity index is 1510. The molecule has 4 aromatic rings. The molecule has 1 fully saturated rings. The average Bonchev–Trinajstić information content (AvgIpc) is 3.16.